The van der Waals surface area contributed by atoms with Crippen LogP contribution in [0.15, 0.2) is 6.20 Å². The van der Waals surface area contributed by atoms with Crippen molar-refractivity contribution in [3.05, 3.63) is 17.6 Å². The summed E-state index contributed by atoms with van der Waals surface area (Å²) in [5.41, 5.74) is 1.15. The molecule has 1 aromatic rings. The van der Waals surface area contributed by atoms with Gasteiger partial charge in [-0.1, -0.05) is 0 Å². The molecule has 0 unspecified atom stereocenters. The molecule has 0 amide bonds. The minimum atomic E-state index is -0.0883. The fourth-order valence-corrected chi connectivity index (χ4v) is 1.34. The fraction of sp³-hybridized carbons (Fsp3) is 0.500. The smallest absolute Gasteiger partial charge is 0.156 e. The summed E-state index contributed by atoms with van der Waals surface area (Å²) in [5, 5.41) is 12.0. The van der Waals surface area contributed by atoms with E-state index in [4.69, 9.17) is 5.11 Å². The van der Waals surface area contributed by atoms with Crippen molar-refractivity contribution >= 4 is 5.82 Å². The van der Waals surface area contributed by atoms with Crippen molar-refractivity contribution < 1.29 is 5.11 Å². The SMILES string of the molecule is OCc1ncc2c(n1)NCCC2. The third kappa shape index (κ3) is 1.25. The number of aliphatic hydroxyl groups excluding tert-OH is 1. The summed E-state index contributed by atoms with van der Waals surface area (Å²) in [6.45, 7) is 0.879. The van der Waals surface area contributed by atoms with Crippen LogP contribution in [0.1, 0.15) is 17.8 Å². The van der Waals surface area contributed by atoms with Gasteiger partial charge in [0.05, 0.1) is 0 Å². The number of aliphatic hydroxyl groups is 1. The Balaban J connectivity index is 2.36. The van der Waals surface area contributed by atoms with Crippen LogP contribution in [-0.2, 0) is 13.0 Å². The number of fused-ring (bicyclic) bond motifs is 1. The Morgan fingerprint density at radius 1 is 1.58 bits per heavy atom. The van der Waals surface area contributed by atoms with Crippen molar-refractivity contribution in [2.75, 3.05) is 11.9 Å². The Bertz CT molecular complexity index is 288. The highest BCUT2D eigenvalue weighted by atomic mass is 16.3. The average Bonchev–Trinajstić information content (AvgIpc) is 2.17. The van der Waals surface area contributed by atoms with E-state index < -0.39 is 0 Å². The van der Waals surface area contributed by atoms with Crippen molar-refractivity contribution in [1.29, 1.82) is 0 Å². The van der Waals surface area contributed by atoms with Crippen LogP contribution in [0.4, 0.5) is 5.82 Å². The Labute approximate surface area is 70.7 Å². The van der Waals surface area contributed by atoms with E-state index in [-0.39, 0.29) is 6.61 Å². The molecular weight excluding hydrogens is 154 g/mol. The maximum atomic E-state index is 8.79. The molecule has 2 heterocycles. The Hall–Kier alpha value is -1.16. The molecule has 0 saturated heterocycles. The minimum absolute atomic E-state index is 0.0883. The fourth-order valence-electron chi connectivity index (χ4n) is 1.34. The normalized spacial score (nSPS) is 15.1. The Kier molecular flexibility index (Phi) is 1.91. The monoisotopic (exact) mass is 165 g/mol. The van der Waals surface area contributed by atoms with Gasteiger partial charge in [0.2, 0.25) is 0 Å². The predicted octanol–water partition coefficient (Wildman–Crippen LogP) is 0.327. The standard InChI is InChI=1S/C8H11N3O/c12-5-7-10-4-6-2-1-3-9-8(6)11-7/h4,12H,1-3,5H2,(H,9,10,11). The number of nitrogens with one attached hydrogen (secondary N) is 1. The van der Waals surface area contributed by atoms with Gasteiger partial charge in [-0.15, -0.1) is 0 Å². The highest BCUT2D eigenvalue weighted by molar-refractivity contribution is 5.44. The van der Waals surface area contributed by atoms with E-state index in [0.29, 0.717) is 5.82 Å². The summed E-state index contributed by atoms with van der Waals surface area (Å²) >= 11 is 0. The van der Waals surface area contributed by atoms with E-state index >= 15 is 0 Å². The van der Waals surface area contributed by atoms with E-state index in [1.165, 1.54) is 0 Å². The van der Waals surface area contributed by atoms with Gasteiger partial charge in [0.25, 0.3) is 0 Å². The second-order valence-electron chi connectivity index (χ2n) is 2.85. The molecule has 1 aliphatic heterocycles. The predicted molar refractivity (Wildman–Crippen MR) is 44.8 cm³/mol. The molecule has 0 spiro atoms. The molecule has 64 valence electrons. The zero-order valence-electron chi connectivity index (χ0n) is 6.75. The van der Waals surface area contributed by atoms with Crippen LogP contribution in [-0.4, -0.2) is 21.6 Å². The molecule has 1 aromatic heterocycles. The molecule has 2 N–H and O–H groups in total. The highest BCUT2D eigenvalue weighted by Crippen LogP contribution is 2.17. The molecule has 4 heteroatoms. The van der Waals surface area contributed by atoms with Crippen LogP contribution >= 0.6 is 0 Å². The van der Waals surface area contributed by atoms with Crippen LogP contribution < -0.4 is 5.32 Å². The number of aromatic nitrogens is 2. The molecule has 0 atom stereocenters. The second-order valence-corrected chi connectivity index (χ2v) is 2.85. The lowest BCUT2D eigenvalue weighted by molar-refractivity contribution is 0.271. The lowest BCUT2D eigenvalue weighted by Crippen LogP contribution is -2.14. The Morgan fingerprint density at radius 3 is 3.33 bits per heavy atom. The van der Waals surface area contributed by atoms with Crippen LogP contribution in [0.2, 0.25) is 0 Å². The molecule has 0 aromatic carbocycles. The summed E-state index contributed by atoms with van der Waals surface area (Å²) in [5.74, 6) is 1.38. The van der Waals surface area contributed by atoms with Crippen LogP contribution in [0.5, 0.6) is 0 Å². The maximum absolute atomic E-state index is 8.79. The minimum Gasteiger partial charge on any atom is -0.388 e. The van der Waals surface area contributed by atoms with Crippen LogP contribution in [0.25, 0.3) is 0 Å². The quantitative estimate of drug-likeness (QED) is 0.629. The zero-order chi connectivity index (χ0) is 8.39. The van der Waals surface area contributed by atoms with E-state index in [0.717, 1.165) is 30.8 Å². The molecule has 0 bridgehead atoms. The molecular formula is C8H11N3O. The molecule has 0 fully saturated rings. The first kappa shape index (κ1) is 7.49. The first-order valence-electron chi connectivity index (χ1n) is 4.09. The van der Waals surface area contributed by atoms with E-state index in [1.807, 2.05) is 0 Å². The number of nitrogens with zero attached hydrogens (tertiary/aromatic N) is 2. The maximum Gasteiger partial charge on any atom is 0.156 e. The summed E-state index contributed by atoms with van der Waals surface area (Å²) < 4.78 is 0. The summed E-state index contributed by atoms with van der Waals surface area (Å²) in [6.07, 6.45) is 3.96. The average molecular weight is 165 g/mol. The topological polar surface area (TPSA) is 58.0 Å². The van der Waals surface area contributed by atoms with Gasteiger partial charge in [0.1, 0.15) is 12.4 Å². The number of hydrogen-bond donors (Lipinski definition) is 2. The summed E-state index contributed by atoms with van der Waals surface area (Å²) in [6, 6.07) is 0. The highest BCUT2D eigenvalue weighted by Gasteiger charge is 2.10. The first-order chi connectivity index (χ1) is 5.90. The van der Waals surface area contributed by atoms with Crippen molar-refractivity contribution in [2.24, 2.45) is 0 Å². The molecule has 0 aliphatic carbocycles. The third-order valence-corrected chi connectivity index (χ3v) is 1.97. The summed E-state index contributed by atoms with van der Waals surface area (Å²) in [7, 11) is 0. The van der Waals surface area contributed by atoms with Crippen molar-refractivity contribution in [2.45, 2.75) is 19.4 Å². The van der Waals surface area contributed by atoms with Gasteiger partial charge in [-0.25, -0.2) is 9.97 Å². The van der Waals surface area contributed by atoms with E-state index in [2.05, 4.69) is 15.3 Å². The van der Waals surface area contributed by atoms with E-state index in [1.54, 1.807) is 6.20 Å². The first-order valence-corrected chi connectivity index (χ1v) is 4.09. The number of rotatable bonds is 1. The Morgan fingerprint density at radius 2 is 2.50 bits per heavy atom. The lowest BCUT2D eigenvalue weighted by atomic mass is 10.1. The second kappa shape index (κ2) is 3.06. The van der Waals surface area contributed by atoms with E-state index in [9.17, 15) is 0 Å². The number of anilines is 1. The van der Waals surface area contributed by atoms with Gasteiger partial charge in [0, 0.05) is 18.3 Å². The molecule has 4 nitrogen and oxygen atoms in total. The third-order valence-electron chi connectivity index (χ3n) is 1.97. The van der Waals surface area contributed by atoms with Gasteiger partial charge in [-0.2, -0.15) is 0 Å². The van der Waals surface area contributed by atoms with Gasteiger partial charge in [0.15, 0.2) is 5.82 Å². The van der Waals surface area contributed by atoms with Gasteiger partial charge < -0.3 is 10.4 Å². The lowest BCUT2D eigenvalue weighted by Gasteiger charge is -2.16. The molecule has 0 radical (unpaired) electrons. The van der Waals surface area contributed by atoms with Crippen molar-refractivity contribution in [3.8, 4) is 0 Å². The van der Waals surface area contributed by atoms with Crippen LogP contribution in [0, 0.1) is 0 Å². The number of hydrogen-bond acceptors (Lipinski definition) is 4. The molecule has 1 aliphatic rings. The van der Waals surface area contributed by atoms with Crippen molar-refractivity contribution in [3.63, 3.8) is 0 Å². The number of aryl methyl sites for hydroxylation is 1. The summed E-state index contributed by atoms with van der Waals surface area (Å²) in [4.78, 5) is 8.17. The molecule has 0 saturated carbocycles. The van der Waals surface area contributed by atoms with Crippen LogP contribution in [0.3, 0.4) is 0 Å². The largest absolute Gasteiger partial charge is 0.388 e. The molecule has 12 heavy (non-hydrogen) atoms. The molecule has 2 rings (SSSR count). The zero-order valence-corrected chi connectivity index (χ0v) is 6.75. The van der Waals surface area contributed by atoms with Gasteiger partial charge in [-0.3, -0.25) is 0 Å². The van der Waals surface area contributed by atoms with Gasteiger partial charge in [-0.05, 0) is 12.8 Å². The van der Waals surface area contributed by atoms with Gasteiger partial charge >= 0.3 is 0 Å². The van der Waals surface area contributed by atoms with Crippen molar-refractivity contribution in [1.82, 2.24) is 9.97 Å².